The number of aliphatic carboxylic acids is 1. The maximum Gasteiger partial charge on any atom is 0.328 e. The zero-order valence-corrected chi connectivity index (χ0v) is 11.2. The average Bonchev–Trinajstić information content (AvgIpc) is 2.45. The Kier molecular flexibility index (Phi) is 4.57. The van der Waals surface area contributed by atoms with Gasteiger partial charge in [-0.05, 0) is 24.6 Å². The first-order valence-electron chi connectivity index (χ1n) is 6.37. The lowest BCUT2D eigenvalue weighted by atomic mass is 10.2. The summed E-state index contributed by atoms with van der Waals surface area (Å²) in [5.74, 6) is -0.811. The van der Waals surface area contributed by atoms with Gasteiger partial charge in [0.1, 0.15) is 5.75 Å². The highest BCUT2D eigenvalue weighted by Crippen LogP contribution is 2.13. The lowest BCUT2D eigenvalue weighted by Crippen LogP contribution is -2.53. The van der Waals surface area contributed by atoms with E-state index in [9.17, 15) is 9.59 Å². The van der Waals surface area contributed by atoms with Gasteiger partial charge in [0.25, 0.3) is 5.91 Å². The van der Waals surface area contributed by atoms with Crippen LogP contribution in [0.5, 0.6) is 5.75 Å². The van der Waals surface area contributed by atoms with Crippen LogP contribution in [0.25, 0.3) is 0 Å². The molecule has 0 radical (unpaired) electrons. The molecule has 0 unspecified atom stereocenters. The first-order chi connectivity index (χ1) is 9.58. The van der Waals surface area contributed by atoms with Crippen LogP contribution in [-0.2, 0) is 14.3 Å². The van der Waals surface area contributed by atoms with Crippen molar-refractivity contribution < 1.29 is 24.2 Å². The van der Waals surface area contributed by atoms with Crippen LogP contribution in [0, 0.1) is 6.92 Å². The molecule has 0 spiro atoms. The molecular formula is C14H17NO5. The quantitative estimate of drug-likeness (QED) is 0.877. The number of nitrogens with zero attached hydrogens (tertiary/aromatic N) is 1. The summed E-state index contributed by atoms with van der Waals surface area (Å²) in [6, 6.07) is 6.41. The van der Waals surface area contributed by atoms with Crippen molar-refractivity contribution in [1.82, 2.24) is 4.90 Å². The van der Waals surface area contributed by atoms with E-state index < -0.39 is 12.0 Å². The Hall–Kier alpha value is -2.08. The van der Waals surface area contributed by atoms with Crippen molar-refractivity contribution in [3.63, 3.8) is 0 Å². The first-order valence-corrected chi connectivity index (χ1v) is 6.37. The van der Waals surface area contributed by atoms with Gasteiger partial charge in [-0.3, -0.25) is 4.79 Å². The fourth-order valence-electron chi connectivity index (χ4n) is 2.04. The van der Waals surface area contributed by atoms with E-state index in [-0.39, 0.29) is 25.7 Å². The van der Waals surface area contributed by atoms with Crippen LogP contribution in [0.4, 0.5) is 0 Å². The summed E-state index contributed by atoms with van der Waals surface area (Å²) in [5, 5.41) is 9.06. The van der Waals surface area contributed by atoms with Gasteiger partial charge in [-0.25, -0.2) is 4.79 Å². The van der Waals surface area contributed by atoms with Gasteiger partial charge in [0.15, 0.2) is 12.6 Å². The third-order valence-corrected chi connectivity index (χ3v) is 3.09. The molecule has 1 aromatic rings. The number of carbonyl (C=O) groups is 2. The van der Waals surface area contributed by atoms with Crippen molar-refractivity contribution in [1.29, 1.82) is 0 Å². The molecule has 6 heteroatoms. The van der Waals surface area contributed by atoms with E-state index in [2.05, 4.69) is 0 Å². The number of hydrogen-bond donors (Lipinski definition) is 1. The SMILES string of the molecule is Cc1cccc(OCC(=O)N2CCOC[C@@H]2C(=O)O)c1. The number of carboxylic acid groups (broad SMARTS) is 1. The molecule has 1 aromatic carbocycles. The fraction of sp³-hybridized carbons (Fsp3) is 0.429. The number of morpholine rings is 1. The largest absolute Gasteiger partial charge is 0.484 e. The van der Waals surface area contributed by atoms with Gasteiger partial charge in [0.2, 0.25) is 0 Å². The molecule has 1 heterocycles. The smallest absolute Gasteiger partial charge is 0.328 e. The molecule has 2 rings (SSSR count). The number of rotatable bonds is 4. The minimum atomic E-state index is -1.06. The Morgan fingerprint density at radius 1 is 1.50 bits per heavy atom. The molecule has 6 nitrogen and oxygen atoms in total. The van der Waals surface area contributed by atoms with Crippen molar-refractivity contribution in [2.75, 3.05) is 26.4 Å². The first kappa shape index (κ1) is 14.3. The molecule has 1 saturated heterocycles. The summed E-state index contributed by atoms with van der Waals surface area (Å²) in [4.78, 5) is 24.4. The highest BCUT2D eigenvalue weighted by molar-refractivity contribution is 5.84. The number of benzene rings is 1. The Bertz CT molecular complexity index is 502. The number of carbonyl (C=O) groups excluding carboxylic acids is 1. The molecule has 0 saturated carbocycles. The van der Waals surface area contributed by atoms with E-state index in [4.69, 9.17) is 14.6 Å². The molecule has 1 fully saturated rings. The van der Waals surface area contributed by atoms with Crippen LogP contribution in [0.15, 0.2) is 24.3 Å². The van der Waals surface area contributed by atoms with E-state index >= 15 is 0 Å². The Morgan fingerprint density at radius 3 is 3.00 bits per heavy atom. The molecule has 0 aromatic heterocycles. The Morgan fingerprint density at radius 2 is 2.30 bits per heavy atom. The van der Waals surface area contributed by atoms with Crippen molar-refractivity contribution in [3.8, 4) is 5.75 Å². The zero-order valence-electron chi connectivity index (χ0n) is 11.2. The molecule has 1 atom stereocenters. The fourth-order valence-corrected chi connectivity index (χ4v) is 2.04. The highest BCUT2D eigenvalue weighted by atomic mass is 16.5. The van der Waals surface area contributed by atoms with Gasteiger partial charge in [-0.1, -0.05) is 12.1 Å². The van der Waals surface area contributed by atoms with Gasteiger partial charge in [-0.2, -0.15) is 0 Å². The zero-order chi connectivity index (χ0) is 14.5. The second-order valence-corrected chi connectivity index (χ2v) is 4.62. The maximum atomic E-state index is 12.1. The predicted molar refractivity (Wildman–Crippen MR) is 70.6 cm³/mol. The Labute approximate surface area is 116 Å². The molecule has 1 N–H and O–H groups in total. The van der Waals surface area contributed by atoms with Gasteiger partial charge >= 0.3 is 5.97 Å². The van der Waals surface area contributed by atoms with Crippen molar-refractivity contribution in [2.45, 2.75) is 13.0 Å². The molecule has 1 amide bonds. The maximum absolute atomic E-state index is 12.1. The number of carboxylic acids is 1. The van der Waals surface area contributed by atoms with E-state index in [1.807, 2.05) is 25.1 Å². The Balaban J connectivity index is 1.95. The number of aryl methyl sites for hydroxylation is 1. The van der Waals surface area contributed by atoms with Crippen LogP contribution >= 0.6 is 0 Å². The van der Waals surface area contributed by atoms with Crippen LogP contribution in [0.1, 0.15) is 5.56 Å². The minimum absolute atomic E-state index is 0.0194. The second kappa shape index (κ2) is 6.38. The van der Waals surface area contributed by atoms with Crippen LogP contribution in [0.3, 0.4) is 0 Å². The molecule has 0 aliphatic carbocycles. The summed E-state index contributed by atoms with van der Waals surface area (Å²) in [6.07, 6.45) is 0. The molecule has 1 aliphatic rings. The predicted octanol–water partition coefficient (Wildman–Crippen LogP) is 0.686. The van der Waals surface area contributed by atoms with Gasteiger partial charge in [0, 0.05) is 6.54 Å². The van der Waals surface area contributed by atoms with E-state index in [0.29, 0.717) is 12.4 Å². The summed E-state index contributed by atoms with van der Waals surface area (Å²) in [5.41, 5.74) is 1.03. The van der Waals surface area contributed by atoms with Gasteiger partial charge < -0.3 is 19.5 Å². The van der Waals surface area contributed by atoms with Gasteiger partial charge in [-0.15, -0.1) is 0 Å². The van der Waals surface area contributed by atoms with E-state index in [0.717, 1.165) is 5.56 Å². The van der Waals surface area contributed by atoms with Crippen LogP contribution in [-0.4, -0.2) is 54.3 Å². The molecular weight excluding hydrogens is 262 g/mol. The second-order valence-electron chi connectivity index (χ2n) is 4.62. The minimum Gasteiger partial charge on any atom is -0.484 e. The number of amides is 1. The molecule has 20 heavy (non-hydrogen) atoms. The van der Waals surface area contributed by atoms with Gasteiger partial charge in [0.05, 0.1) is 13.2 Å². The summed E-state index contributed by atoms with van der Waals surface area (Å²) in [7, 11) is 0. The number of ether oxygens (including phenoxy) is 2. The normalized spacial score (nSPS) is 18.6. The van der Waals surface area contributed by atoms with E-state index in [1.165, 1.54) is 4.90 Å². The monoisotopic (exact) mass is 279 g/mol. The summed E-state index contributed by atoms with van der Waals surface area (Å²) >= 11 is 0. The standard InChI is InChI=1S/C14H17NO5/c1-10-3-2-4-11(7-10)20-9-13(16)15-5-6-19-8-12(15)14(17)18/h2-4,7,12H,5-6,8-9H2,1H3,(H,17,18)/t12-/m1/s1. The van der Waals surface area contributed by atoms with Crippen molar-refractivity contribution in [3.05, 3.63) is 29.8 Å². The van der Waals surface area contributed by atoms with Crippen molar-refractivity contribution >= 4 is 11.9 Å². The lowest BCUT2D eigenvalue weighted by Gasteiger charge is -2.32. The summed E-state index contributed by atoms with van der Waals surface area (Å²) in [6.45, 7) is 2.39. The third kappa shape index (κ3) is 3.48. The van der Waals surface area contributed by atoms with E-state index in [1.54, 1.807) is 6.07 Å². The number of hydrogen-bond acceptors (Lipinski definition) is 4. The molecule has 108 valence electrons. The van der Waals surface area contributed by atoms with Crippen LogP contribution in [0.2, 0.25) is 0 Å². The third-order valence-electron chi connectivity index (χ3n) is 3.09. The highest BCUT2D eigenvalue weighted by Gasteiger charge is 2.32. The topological polar surface area (TPSA) is 76.1 Å². The van der Waals surface area contributed by atoms with Crippen LogP contribution < -0.4 is 4.74 Å². The molecule has 1 aliphatic heterocycles. The van der Waals surface area contributed by atoms with Crippen molar-refractivity contribution in [2.24, 2.45) is 0 Å². The average molecular weight is 279 g/mol. The molecule has 0 bridgehead atoms. The lowest BCUT2D eigenvalue weighted by molar-refractivity contribution is -0.159. The summed E-state index contributed by atoms with van der Waals surface area (Å²) < 4.78 is 10.5.